The molecule has 0 aliphatic carbocycles. The van der Waals surface area contributed by atoms with Gasteiger partial charge in [0.25, 0.3) is 0 Å². The lowest BCUT2D eigenvalue weighted by Crippen LogP contribution is -1.85. The molecule has 0 unspecified atom stereocenters. The van der Waals surface area contributed by atoms with Gasteiger partial charge in [0.15, 0.2) is 0 Å². The Bertz CT molecular complexity index is 812. The van der Waals surface area contributed by atoms with E-state index in [9.17, 15) is 0 Å². The van der Waals surface area contributed by atoms with Crippen LogP contribution in [-0.4, -0.2) is 0 Å². The van der Waals surface area contributed by atoms with Crippen LogP contribution in [0.25, 0.3) is 0 Å². The van der Waals surface area contributed by atoms with Gasteiger partial charge < -0.3 is 0 Å². The molecule has 0 atom stereocenters. The van der Waals surface area contributed by atoms with Crippen molar-refractivity contribution in [2.45, 2.75) is 58.8 Å². The Labute approximate surface area is 165 Å². The minimum atomic E-state index is 1.05. The van der Waals surface area contributed by atoms with E-state index in [-0.39, 0.29) is 0 Å². The van der Waals surface area contributed by atoms with Gasteiger partial charge in [-0.2, -0.15) is 0 Å². The Hall–Kier alpha value is -2.70. The van der Waals surface area contributed by atoms with Crippen molar-refractivity contribution in [1.29, 1.82) is 0 Å². The highest BCUT2D eigenvalue weighted by atomic mass is 14.0. The Morgan fingerprint density at radius 3 is 1.48 bits per heavy atom. The van der Waals surface area contributed by atoms with Gasteiger partial charge in [0, 0.05) is 11.1 Å². The van der Waals surface area contributed by atoms with Crippen molar-refractivity contribution in [1.82, 2.24) is 0 Å². The van der Waals surface area contributed by atoms with Gasteiger partial charge in [-0.3, -0.25) is 0 Å². The lowest BCUT2D eigenvalue weighted by Gasteiger charge is -2.00. The summed E-state index contributed by atoms with van der Waals surface area (Å²) in [5, 5.41) is 0. The van der Waals surface area contributed by atoms with Crippen LogP contribution in [0.15, 0.2) is 60.7 Å². The highest BCUT2D eigenvalue weighted by molar-refractivity contribution is 5.42. The van der Waals surface area contributed by atoms with Crippen molar-refractivity contribution in [2.24, 2.45) is 0 Å². The lowest BCUT2D eigenvalue weighted by molar-refractivity contribution is 0.717. The molecule has 0 spiro atoms. The van der Waals surface area contributed by atoms with Crippen LogP contribution in [0.3, 0.4) is 0 Å². The smallest absolute Gasteiger partial charge is 0.0249 e. The molecule has 0 aliphatic heterocycles. The molecule has 0 amide bonds. The summed E-state index contributed by atoms with van der Waals surface area (Å²) in [6.07, 6.45) is 12.3. The Morgan fingerprint density at radius 1 is 0.593 bits per heavy atom. The monoisotopic (exact) mass is 354 g/mol. The van der Waals surface area contributed by atoms with Gasteiger partial charge in [0.2, 0.25) is 0 Å². The minimum absolute atomic E-state index is 1.05. The zero-order chi connectivity index (χ0) is 19.2. The summed E-state index contributed by atoms with van der Waals surface area (Å²) >= 11 is 0. The van der Waals surface area contributed by atoms with E-state index in [1.54, 1.807) is 0 Å². The third-order valence-corrected chi connectivity index (χ3v) is 4.48. The second kappa shape index (κ2) is 12.6. The molecule has 0 aliphatic rings. The molecule has 2 rings (SSSR count). The lowest BCUT2D eigenvalue weighted by atomic mass is 10.1. The minimum Gasteiger partial charge on any atom is -0.0689 e. The fraction of sp³-hybridized carbons (Fsp3) is 0.333. The Kier molecular flexibility index (Phi) is 9.63. The van der Waals surface area contributed by atoms with Crippen LogP contribution in [-0.2, 0) is 12.8 Å². The summed E-state index contributed by atoms with van der Waals surface area (Å²) in [5.74, 6) is 12.4. The molecule has 0 bridgehead atoms. The second-order valence-corrected chi connectivity index (χ2v) is 6.83. The predicted molar refractivity (Wildman–Crippen MR) is 118 cm³/mol. The van der Waals surface area contributed by atoms with Crippen LogP contribution in [0, 0.1) is 23.7 Å². The van der Waals surface area contributed by atoms with Gasteiger partial charge in [-0.15, -0.1) is 0 Å². The summed E-state index contributed by atoms with van der Waals surface area (Å²) in [4.78, 5) is 0. The maximum absolute atomic E-state index is 3.16. The van der Waals surface area contributed by atoms with E-state index in [4.69, 9.17) is 0 Å². The normalized spacial score (nSPS) is 10.1. The Morgan fingerprint density at radius 2 is 1.04 bits per heavy atom. The van der Waals surface area contributed by atoms with Gasteiger partial charge >= 0.3 is 0 Å². The quantitative estimate of drug-likeness (QED) is 0.382. The first-order valence-corrected chi connectivity index (χ1v) is 10.2. The SMILES string of the molecule is CCCCCc1ccc(C#CC=CC#Cc2ccc(CCCC)cc2)cc1. The van der Waals surface area contributed by atoms with E-state index in [2.05, 4.69) is 86.1 Å². The predicted octanol–water partition coefficient (Wildman–Crippen LogP) is 6.72. The van der Waals surface area contributed by atoms with Crippen LogP contribution in [0.2, 0.25) is 0 Å². The van der Waals surface area contributed by atoms with E-state index in [0.717, 1.165) is 24.0 Å². The topological polar surface area (TPSA) is 0 Å². The summed E-state index contributed by atoms with van der Waals surface area (Å²) in [6, 6.07) is 17.1. The fourth-order valence-corrected chi connectivity index (χ4v) is 2.80. The van der Waals surface area contributed by atoms with Crippen molar-refractivity contribution in [2.75, 3.05) is 0 Å². The molecule has 27 heavy (non-hydrogen) atoms. The van der Waals surface area contributed by atoms with E-state index < -0.39 is 0 Å². The molecule has 0 heteroatoms. The van der Waals surface area contributed by atoms with Crippen LogP contribution in [0.1, 0.15) is 68.2 Å². The highest BCUT2D eigenvalue weighted by Crippen LogP contribution is 2.08. The van der Waals surface area contributed by atoms with E-state index in [1.165, 1.54) is 43.2 Å². The highest BCUT2D eigenvalue weighted by Gasteiger charge is 1.93. The van der Waals surface area contributed by atoms with Crippen LogP contribution < -0.4 is 0 Å². The van der Waals surface area contributed by atoms with Crippen molar-refractivity contribution < 1.29 is 0 Å². The van der Waals surface area contributed by atoms with Gasteiger partial charge in [-0.25, -0.2) is 0 Å². The average molecular weight is 355 g/mol. The van der Waals surface area contributed by atoms with Crippen LogP contribution in [0.4, 0.5) is 0 Å². The average Bonchev–Trinajstić information content (AvgIpc) is 2.71. The molecule has 0 aromatic heterocycles. The van der Waals surface area contributed by atoms with Gasteiger partial charge in [-0.05, 0) is 73.2 Å². The molecule has 0 radical (unpaired) electrons. The van der Waals surface area contributed by atoms with E-state index in [0.29, 0.717) is 0 Å². The maximum atomic E-state index is 3.16. The summed E-state index contributed by atoms with van der Waals surface area (Å²) < 4.78 is 0. The number of allylic oxidation sites excluding steroid dienone is 2. The van der Waals surface area contributed by atoms with Gasteiger partial charge in [0.05, 0.1) is 0 Å². The fourth-order valence-electron chi connectivity index (χ4n) is 2.80. The Balaban J connectivity index is 1.82. The molecule has 0 heterocycles. The van der Waals surface area contributed by atoms with Crippen molar-refractivity contribution >= 4 is 0 Å². The number of aryl methyl sites for hydroxylation is 2. The molecule has 138 valence electrons. The van der Waals surface area contributed by atoms with Gasteiger partial charge in [0.1, 0.15) is 0 Å². The first kappa shape index (κ1) is 20.6. The van der Waals surface area contributed by atoms with Crippen molar-refractivity contribution in [3.63, 3.8) is 0 Å². The zero-order valence-electron chi connectivity index (χ0n) is 16.7. The molecule has 0 N–H and O–H groups in total. The molecule has 0 nitrogen and oxygen atoms in total. The third kappa shape index (κ3) is 8.48. The zero-order valence-corrected chi connectivity index (χ0v) is 16.7. The first-order chi connectivity index (χ1) is 13.3. The maximum Gasteiger partial charge on any atom is 0.0249 e. The number of unbranched alkanes of at least 4 members (excludes halogenated alkanes) is 3. The van der Waals surface area contributed by atoms with Crippen molar-refractivity contribution in [3.05, 3.63) is 82.9 Å². The molecule has 2 aromatic rings. The molecule has 0 saturated heterocycles. The van der Waals surface area contributed by atoms with Gasteiger partial charge in [-0.1, -0.05) is 81.1 Å². The third-order valence-electron chi connectivity index (χ3n) is 4.48. The molecular weight excluding hydrogens is 324 g/mol. The summed E-state index contributed by atoms with van der Waals surface area (Å²) in [7, 11) is 0. The largest absolute Gasteiger partial charge is 0.0689 e. The van der Waals surface area contributed by atoms with E-state index >= 15 is 0 Å². The number of benzene rings is 2. The van der Waals surface area contributed by atoms with E-state index in [1.807, 2.05) is 12.2 Å². The summed E-state index contributed by atoms with van der Waals surface area (Å²) in [5.41, 5.74) is 4.89. The number of hydrogen-bond acceptors (Lipinski definition) is 0. The van der Waals surface area contributed by atoms with Crippen LogP contribution in [0.5, 0.6) is 0 Å². The molecule has 2 aromatic carbocycles. The molecular formula is C27H30. The second-order valence-electron chi connectivity index (χ2n) is 6.83. The summed E-state index contributed by atoms with van der Waals surface area (Å²) in [6.45, 7) is 4.46. The number of rotatable bonds is 7. The number of hydrogen-bond donors (Lipinski definition) is 0. The van der Waals surface area contributed by atoms with Crippen LogP contribution >= 0.6 is 0 Å². The van der Waals surface area contributed by atoms with Crippen molar-refractivity contribution in [3.8, 4) is 23.7 Å². The molecule has 0 fully saturated rings. The molecule has 0 saturated carbocycles. The standard InChI is InChI=1S/C27H30/c1-3-5-9-13-25-20-22-27(23-21-25)15-11-8-7-10-14-26-18-16-24(17-19-26)12-6-4-2/h7-8,16-23H,3-6,9,12-13H2,1-2H3. The first-order valence-electron chi connectivity index (χ1n) is 10.2.